The van der Waals surface area contributed by atoms with Crippen LogP contribution >= 0.6 is 0 Å². The van der Waals surface area contributed by atoms with Gasteiger partial charge in [-0.15, -0.1) is 0 Å². The van der Waals surface area contributed by atoms with Crippen molar-refractivity contribution in [3.63, 3.8) is 0 Å². The van der Waals surface area contributed by atoms with Gasteiger partial charge in [-0.2, -0.15) is 14.4 Å². The molecule has 2 atom stereocenters. The molecule has 3 rings (SSSR count). The van der Waals surface area contributed by atoms with Gasteiger partial charge in [-0.05, 0) is 24.3 Å². The van der Waals surface area contributed by atoms with Gasteiger partial charge in [0.15, 0.2) is 11.6 Å². The lowest BCUT2D eigenvalue weighted by atomic mass is 9.92. The lowest BCUT2D eigenvalue weighted by Crippen LogP contribution is -2.42. The number of rotatable bonds is 16. The van der Waals surface area contributed by atoms with Crippen LogP contribution in [0.4, 0.5) is 16.0 Å². The molecule has 0 aliphatic heterocycles. The first-order valence-corrected chi connectivity index (χ1v) is 13.8. The van der Waals surface area contributed by atoms with E-state index in [0.29, 0.717) is 25.2 Å². The van der Waals surface area contributed by atoms with Crippen LogP contribution in [0.3, 0.4) is 0 Å². The molecular weight excluding hydrogens is 533 g/mol. The molecule has 1 aromatic carbocycles. The molecular formula is C28H40FN7O5. The highest BCUT2D eigenvalue weighted by atomic mass is 19.1. The lowest BCUT2D eigenvalue weighted by molar-refractivity contribution is -0.182. The van der Waals surface area contributed by atoms with Gasteiger partial charge in [0, 0.05) is 14.1 Å². The molecule has 3 N–H and O–H groups in total. The number of hydrogen-bond acceptors (Lipinski definition) is 9. The van der Waals surface area contributed by atoms with Crippen molar-refractivity contribution in [2.45, 2.75) is 58.1 Å². The summed E-state index contributed by atoms with van der Waals surface area (Å²) < 4.78 is 20.5. The number of benzene rings is 1. The smallest absolute Gasteiger partial charge is 0.320 e. The second kappa shape index (κ2) is 15.7. The molecule has 0 unspecified atom stereocenters. The van der Waals surface area contributed by atoms with Crippen LogP contribution in [-0.4, -0.2) is 71.9 Å². The third-order valence-electron chi connectivity index (χ3n) is 7.00. The Morgan fingerprint density at radius 3 is 2.44 bits per heavy atom. The van der Waals surface area contributed by atoms with Gasteiger partial charge < -0.3 is 15.0 Å². The van der Waals surface area contributed by atoms with Gasteiger partial charge in [0.2, 0.25) is 24.0 Å². The number of methoxy groups -OCH3 is 1. The van der Waals surface area contributed by atoms with Crippen LogP contribution < -0.4 is 20.9 Å². The largest absolute Gasteiger partial charge is 0.467 e. The van der Waals surface area contributed by atoms with Crippen molar-refractivity contribution < 1.29 is 28.3 Å². The summed E-state index contributed by atoms with van der Waals surface area (Å²) in [6, 6.07) is 8.48. The fraction of sp³-hybridized carbons (Fsp3) is 0.536. The number of carbonyl (C=O) groups excluding carboxylic acids is 3. The number of likely N-dealkylation sites (N-methyl/N-ethyl adjacent to an activating group) is 1. The molecule has 0 saturated heterocycles. The maximum atomic E-state index is 15.4. The first-order chi connectivity index (χ1) is 19.7. The van der Waals surface area contributed by atoms with E-state index >= 15 is 4.39 Å². The van der Waals surface area contributed by atoms with Crippen LogP contribution in [0.1, 0.15) is 51.0 Å². The number of halogens is 1. The van der Waals surface area contributed by atoms with E-state index in [1.807, 2.05) is 30.3 Å². The van der Waals surface area contributed by atoms with E-state index in [9.17, 15) is 14.4 Å². The summed E-state index contributed by atoms with van der Waals surface area (Å²) >= 11 is 0. The highest BCUT2D eigenvalue weighted by molar-refractivity contribution is 5.84. The number of ether oxygens (including phenoxy) is 1. The van der Waals surface area contributed by atoms with Crippen molar-refractivity contribution in [2.75, 3.05) is 38.5 Å². The molecule has 1 aliphatic rings. The van der Waals surface area contributed by atoms with Gasteiger partial charge in [-0.25, -0.2) is 5.06 Å². The van der Waals surface area contributed by atoms with Crippen molar-refractivity contribution >= 4 is 29.9 Å². The van der Waals surface area contributed by atoms with Gasteiger partial charge in [-0.3, -0.25) is 30.1 Å². The molecule has 1 heterocycles. The van der Waals surface area contributed by atoms with Crippen LogP contribution in [0.15, 0.2) is 30.3 Å². The molecule has 2 aromatic rings. The summed E-state index contributed by atoms with van der Waals surface area (Å²) in [5.74, 6) is -2.49. The number of hydrazine groups is 1. The Balaban J connectivity index is 1.72. The molecule has 13 heteroatoms. The fourth-order valence-corrected chi connectivity index (χ4v) is 4.72. The van der Waals surface area contributed by atoms with Gasteiger partial charge in [-0.1, -0.05) is 62.9 Å². The van der Waals surface area contributed by atoms with Gasteiger partial charge in [0.25, 0.3) is 0 Å². The molecule has 0 spiro atoms. The van der Waals surface area contributed by atoms with Crippen molar-refractivity contribution in [3.8, 4) is 6.01 Å². The van der Waals surface area contributed by atoms with Crippen molar-refractivity contribution in [1.29, 1.82) is 0 Å². The van der Waals surface area contributed by atoms with E-state index in [1.54, 1.807) is 21.0 Å². The topological polar surface area (TPSA) is 138 Å². The Labute approximate surface area is 239 Å². The first-order valence-electron chi connectivity index (χ1n) is 13.8. The van der Waals surface area contributed by atoms with Crippen molar-refractivity contribution in [3.05, 3.63) is 41.7 Å². The van der Waals surface area contributed by atoms with E-state index in [-0.39, 0.29) is 36.7 Å². The average Bonchev–Trinajstić information content (AvgIpc) is 3.50. The Hall–Kier alpha value is -4.00. The van der Waals surface area contributed by atoms with E-state index < -0.39 is 23.7 Å². The summed E-state index contributed by atoms with van der Waals surface area (Å²) in [5.41, 5.74) is 5.95. The number of amides is 3. The Morgan fingerprint density at radius 1 is 1.15 bits per heavy atom. The van der Waals surface area contributed by atoms with E-state index in [2.05, 4.69) is 26.1 Å². The number of nitrogens with zero attached hydrogens (tertiary/aromatic N) is 4. The highest BCUT2D eigenvalue weighted by Gasteiger charge is 2.28. The lowest BCUT2D eigenvalue weighted by Gasteiger charge is -2.25. The minimum atomic E-state index is -0.899. The van der Waals surface area contributed by atoms with Crippen molar-refractivity contribution in [1.82, 2.24) is 25.4 Å². The number of nitrogens with one attached hydrogen (secondary N) is 3. The summed E-state index contributed by atoms with van der Waals surface area (Å²) in [6.07, 6.45) is 5.66. The maximum absolute atomic E-state index is 15.4. The number of hydroxylamine groups is 2. The van der Waals surface area contributed by atoms with E-state index in [0.717, 1.165) is 36.3 Å². The maximum Gasteiger partial charge on any atom is 0.320 e. The zero-order valence-electron chi connectivity index (χ0n) is 24.1. The third-order valence-corrected chi connectivity index (χ3v) is 7.00. The zero-order valence-corrected chi connectivity index (χ0v) is 24.1. The average molecular weight is 574 g/mol. The molecule has 1 aliphatic carbocycles. The predicted octanol–water partition coefficient (Wildman–Crippen LogP) is 3.13. The Kier molecular flexibility index (Phi) is 12.1. The summed E-state index contributed by atoms with van der Waals surface area (Å²) in [7, 11) is 4.53. The SMILES string of the molecule is CC[C@H](Nc1nc(OC)nc(NNC(=O)[C@H](CC2CCCC2)CN(C=O)OCc2ccccc2)c1F)C(=O)N(C)C. The molecule has 41 heavy (non-hydrogen) atoms. The Bertz CT molecular complexity index is 1150. The van der Waals surface area contributed by atoms with Crippen molar-refractivity contribution in [2.24, 2.45) is 11.8 Å². The number of hydrogen-bond donors (Lipinski definition) is 3. The Morgan fingerprint density at radius 2 is 1.83 bits per heavy atom. The molecule has 1 saturated carbocycles. The minimum Gasteiger partial charge on any atom is -0.467 e. The second-order valence-electron chi connectivity index (χ2n) is 10.2. The molecule has 3 amide bonds. The number of carbonyl (C=O) groups is 3. The quantitative estimate of drug-likeness (QED) is 0.204. The molecule has 12 nitrogen and oxygen atoms in total. The fourth-order valence-electron chi connectivity index (χ4n) is 4.72. The van der Waals surface area contributed by atoms with Crippen LogP contribution in [0.2, 0.25) is 0 Å². The minimum absolute atomic E-state index is 0.0214. The molecule has 0 bridgehead atoms. The van der Waals surface area contributed by atoms with Crippen LogP contribution in [-0.2, 0) is 25.8 Å². The van der Waals surface area contributed by atoms with Crippen LogP contribution in [0.25, 0.3) is 0 Å². The van der Waals surface area contributed by atoms with E-state index in [1.165, 1.54) is 12.0 Å². The first kappa shape index (κ1) is 31.5. The van der Waals surface area contributed by atoms with Gasteiger partial charge in [0.1, 0.15) is 12.6 Å². The standard InChI is InChI=1S/C28H40FN7O5/c1-5-22(27(39)35(2)3)30-24-23(29)25(32-28(31-24)40-4)33-34-26(38)21(15-19-11-9-10-12-19)16-36(18-37)41-17-20-13-7-6-8-14-20/h6-8,13-14,18-19,21-22H,5,9-12,15-17H2,1-4H3,(H,34,38)(H2,30,31,32,33)/t21-,22+/m1/s1. The number of aromatic nitrogens is 2. The molecule has 224 valence electrons. The van der Waals surface area contributed by atoms with Gasteiger partial charge >= 0.3 is 6.01 Å². The molecule has 0 radical (unpaired) electrons. The molecule has 1 fully saturated rings. The summed E-state index contributed by atoms with van der Waals surface area (Å²) in [6.45, 7) is 1.98. The zero-order chi connectivity index (χ0) is 29.8. The third kappa shape index (κ3) is 9.27. The monoisotopic (exact) mass is 573 g/mol. The van der Waals surface area contributed by atoms with Crippen LogP contribution in [0.5, 0.6) is 6.01 Å². The van der Waals surface area contributed by atoms with Crippen LogP contribution in [0, 0.1) is 17.7 Å². The normalized spacial score (nSPS) is 14.6. The summed E-state index contributed by atoms with van der Waals surface area (Å²) in [4.78, 5) is 52.6. The highest BCUT2D eigenvalue weighted by Crippen LogP contribution is 2.31. The number of anilines is 2. The van der Waals surface area contributed by atoms with E-state index in [4.69, 9.17) is 9.57 Å². The summed E-state index contributed by atoms with van der Waals surface area (Å²) in [5, 5.41) is 3.92. The van der Waals surface area contributed by atoms with Gasteiger partial charge in [0.05, 0.1) is 19.6 Å². The predicted molar refractivity (Wildman–Crippen MR) is 151 cm³/mol. The second-order valence-corrected chi connectivity index (χ2v) is 10.2. The molecule has 1 aromatic heterocycles.